The van der Waals surface area contributed by atoms with E-state index in [1.54, 1.807) is 18.2 Å². The van der Waals surface area contributed by atoms with E-state index in [2.05, 4.69) is 15.0 Å². The summed E-state index contributed by atoms with van der Waals surface area (Å²) in [5.41, 5.74) is 1.84. The Hall–Kier alpha value is -2.48. The van der Waals surface area contributed by atoms with Crippen LogP contribution in [0.1, 0.15) is 18.0 Å². The first-order chi connectivity index (χ1) is 13.0. The van der Waals surface area contributed by atoms with Gasteiger partial charge in [0.1, 0.15) is 5.75 Å². The lowest BCUT2D eigenvalue weighted by Crippen LogP contribution is -2.50. The second-order valence-electron chi connectivity index (χ2n) is 6.94. The average molecular weight is 391 g/mol. The quantitative estimate of drug-likeness (QED) is 0.814. The Bertz CT molecular complexity index is 901. The van der Waals surface area contributed by atoms with Crippen molar-refractivity contribution in [3.05, 3.63) is 58.5 Å². The SMILES string of the molecule is O=c1cccc2n1C[C@H]1C[C@@H]2CN(C(=S)Nc2ccc(OC(F)F)cc2)C1. The van der Waals surface area contributed by atoms with Gasteiger partial charge >= 0.3 is 6.61 Å². The highest BCUT2D eigenvalue weighted by Crippen LogP contribution is 2.35. The molecule has 2 atom stereocenters. The standard InChI is InChI=1S/C19H19F2N3O2S/c20-18(21)26-15-6-4-14(5-7-15)22-19(27)23-9-12-8-13(11-23)16-2-1-3-17(25)24(16)10-12/h1-7,12-13,18H,8-11H2,(H,22,27)/t12-,13+/m0/s1. The first-order valence-electron chi connectivity index (χ1n) is 8.80. The summed E-state index contributed by atoms with van der Waals surface area (Å²) in [5, 5.41) is 3.76. The van der Waals surface area contributed by atoms with Crippen LogP contribution in [0.4, 0.5) is 14.5 Å². The lowest BCUT2D eigenvalue weighted by molar-refractivity contribution is -0.0498. The van der Waals surface area contributed by atoms with Crippen LogP contribution in [0.25, 0.3) is 0 Å². The highest BCUT2D eigenvalue weighted by molar-refractivity contribution is 7.80. The maximum atomic E-state index is 12.2. The number of halogens is 2. The molecular weight excluding hydrogens is 372 g/mol. The lowest BCUT2D eigenvalue weighted by Gasteiger charge is -2.43. The fourth-order valence-corrected chi connectivity index (χ4v) is 4.25. The number of benzene rings is 1. The fraction of sp³-hybridized carbons (Fsp3) is 0.368. The van der Waals surface area contributed by atoms with Gasteiger partial charge in [-0.2, -0.15) is 8.78 Å². The largest absolute Gasteiger partial charge is 0.435 e. The van der Waals surface area contributed by atoms with Crippen LogP contribution < -0.4 is 15.6 Å². The monoisotopic (exact) mass is 391 g/mol. The predicted octanol–water partition coefficient (Wildman–Crippen LogP) is 3.27. The van der Waals surface area contributed by atoms with Crippen molar-refractivity contribution >= 4 is 23.0 Å². The zero-order valence-corrected chi connectivity index (χ0v) is 15.3. The zero-order chi connectivity index (χ0) is 19.0. The third-order valence-electron chi connectivity index (χ3n) is 5.10. The highest BCUT2D eigenvalue weighted by Gasteiger charge is 2.35. The van der Waals surface area contributed by atoms with E-state index in [1.807, 2.05) is 16.7 Å². The van der Waals surface area contributed by atoms with Gasteiger partial charge in [-0.3, -0.25) is 4.79 Å². The highest BCUT2D eigenvalue weighted by atomic mass is 32.1. The van der Waals surface area contributed by atoms with E-state index in [0.29, 0.717) is 23.3 Å². The van der Waals surface area contributed by atoms with E-state index in [1.165, 1.54) is 12.1 Å². The molecule has 0 aliphatic carbocycles. The molecule has 4 rings (SSSR count). The first-order valence-corrected chi connectivity index (χ1v) is 9.21. The second-order valence-corrected chi connectivity index (χ2v) is 7.32. The molecule has 0 spiro atoms. The van der Waals surface area contributed by atoms with Gasteiger partial charge in [-0.25, -0.2) is 0 Å². The number of nitrogens with zero attached hydrogens (tertiary/aromatic N) is 2. The van der Waals surface area contributed by atoms with Crippen molar-refractivity contribution in [2.45, 2.75) is 25.5 Å². The maximum absolute atomic E-state index is 12.2. The van der Waals surface area contributed by atoms with Crippen LogP contribution in [-0.4, -0.2) is 34.3 Å². The van der Waals surface area contributed by atoms with Crippen LogP contribution in [0.15, 0.2) is 47.3 Å². The minimum absolute atomic E-state index is 0.0578. The van der Waals surface area contributed by atoms with Gasteiger partial charge in [-0.15, -0.1) is 0 Å². The predicted molar refractivity (Wildman–Crippen MR) is 102 cm³/mol. The Kier molecular flexibility index (Phi) is 4.82. The average Bonchev–Trinajstić information content (AvgIpc) is 2.64. The van der Waals surface area contributed by atoms with Crippen LogP contribution >= 0.6 is 12.2 Å². The summed E-state index contributed by atoms with van der Waals surface area (Å²) in [6.07, 6.45) is 1.06. The lowest BCUT2D eigenvalue weighted by atomic mass is 9.83. The number of hydrogen-bond donors (Lipinski definition) is 1. The van der Waals surface area contributed by atoms with E-state index in [9.17, 15) is 13.6 Å². The molecular formula is C19H19F2N3O2S. The number of likely N-dealkylation sites (tertiary alicyclic amines) is 1. The van der Waals surface area contributed by atoms with E-state index in [0.717, 1.165) is 25.2 Å². The summed E-state index contributed by atoms with van der Waals surface area (Å²) in [5.74, 6) is 0.752. The normalized spacial score (nSPS) is 20.9. The summed E-state index contributed by atoms with van der Waals surface area (Å²) in [6.45, 7) is -0.591. The zero-order valence-electron chi connectivity index (χ0n) is 14.5. The minimum Gasteiger partial charge on any atom is -0.435 e. The van der Waals surface area contributed by atoms with Crippen molar-refractivity contribution in [2.75, 3.05) is 18.4 Å². The molecule has 2 bridgehead atoms. The van der Waals surface area contributed by atoms with Gasteiger partial charge in [0.25, 0.3) is 5.56 Å². The molecule has 0 radical (unpaired) electrons. The van der Waals surface area contributed by atoms with E-state index < -0.39 is 6.61 Å². The van der Waals surface area contributed by atoms with Crippen LogP contribution in [0.2, 0.25) is 0 Å². The van der Waals surface area contributed by atoms with Crippen LogP contribution in [0.3, 0.4) is 0 Å². The Morgan fingerprint density at radius 3 is 2.67 bits per heavy atom. The van der Waals surface area contributed by atoms with Gasteiger partial charge in [-0.1, -0.05) is 6.07 Å². The number of pyridine rings is 1. The van der Waals surface area contributed by atoms with E-state index in [4.69, 9.17) is 12.2 Å². The topological polar surface area (TPSA) is 46.5 Å². The Labute approximate surface area is 160 Å². The van der Waals surface area contributed by atoms with E-state index in [-0.39, 0.29) is 17.2 Å². The smallest absolute Gasteiger partial charge is 0.387 e. The summed E-state index contributed by atoms with van der Waals surface area (Å²) < 4.78 is 30.7. The van der Waals surface area contributed by atoms with Crippen LogP contribution in [0.5, 0.6) is 5.75 Å². The number of alkyl halides is 2. The molecule has 1 N–H and O–H groups in total. The molecule has 1 saturated heterocycles. The van der Waals surface area contributed by atoms with Crippen molar-refractivity contribution in [1.82, 2.24) is 9.47 Å². The summed E-state index contributed by atoms with van der Waals surface area (Å²) in [7, 11) is 0. The Balaban J connectivity index is 1.44. The molecule has 2 aromatic rings. The molecule has 0 saturated carbocycles. The summed E-state index contributed by atoms with van der Waals surface area (Å²) in [4.78, 5) is 14.2. The van der Waals surface area contributed by atoms with Gasteiger partial charge in [0, 0.05) is 43.0 Å². The first kappa shape index (κ1) is 17.9. The van der Waals surface area contributed by atoms with Gasteiger partial charge in [0.2, 0.25) is 0 Å². The molecule has 1 aromatic carbocycles. The third-order valence-corrected chi connectivity index (χ3v) is 5.46. The number of piperidine rings is 1. The van der Waals surface area contributed by atoms with Gasteiger partial charge in [0.15, 0.2) is 5.11 Å². The maximum Gasteiger partial charge on any atom is 0.387 e. The number of rotatable bonds is 3. The van der Waals surface area contributed by atoms with Gasteiger partial charge in [-0.05, 0) is 54.9 Å². The molecule has 2 aliphatic heterocycles. The molecule has 3 heterocycles. The molecule has 142 valence electrons. The number of aromatic nitrogens is 1. The Morgan fingerprint density at radius 1 is 1.15 bits per heavy atom. The number of thiocarbonyl (C=S) groups is 1. The molecule has 2 aliphatic rings. The van der Waals surface area contributed by atoms with E-state index >= 15 is 0 Å². The summed E-state index contributed by atoms with van der Waals surface area (Å²) in [6, 6.07) is 11.7. The van der Waals surface area contributed by atoms with Crippen molar-refractivity contribution < 1.29 is 13.5 Å². The van der Waals surface area contributed by atoms with Crippen LogP contribution in [-0.2, 0) is 6.54 Å². The fourth-order valence-electron chi connectivity index (χ4n) is 3.98. The second kappa shape index (κ2) is 7.26. The van der Waals surface area contributed by atoms with Crippen molar-refractivity contribution in [3.8, 4) is 5.75 Å². The molecule has 5 nitrogen and oxygen atoms in total. The molecule has 1 aromatic heterocycles. The summed E-state index contributed by atoms with van der Waals surface area (Å²) >= 11 is 5.56. The number of anilines is 1. The molecule has 1 fully saturated rings. The third kappa shape index (κ3) is 3.80. The molecule has 0 unspecified atom stereocenters. The Morgan fingerprint density at radius 2 is 1.93 bits per heavy atom. The molecule has 27 heavy (non-hydrogen) atoms. The number of hydrogen-bond acceptors (Lipinski definition) is 3. The molecule has 8 heteroatoms. The number of nitrogens with one attached hydrogen (secondary N) is 1. The van der Waals surface area contributed by atoms with Gasteiger partial charge in [0.05, 0.1) is 0 Å². The van der Waals surface area contributed by atoms with Crippen LogP contribution in [0, 0.1) is 5.92 Å². The number of ether oxygens (including phenoxy) is 1. The molecule has 0 amide bonds. The number of fused-ring (bicyclic) bond motifs is 4. The van der Waals surface area contributed by atoms with Gasteiger partial charge < -0.3 is 19.5 Å². The van der Waals surface area contributed by atoms with Crippen molar-refractivity contribution in [3.63, 3.8) is 0 Å². The minimum atomic E-state index is -2.84. The van der Waals surface area contributed by atoms with Crippen molar-refractivity contribution in [2.24, 2.45) is 5.92 Å². The van der Waals surface area contributed by atoms with Crippen molar-refractivity contribution in [1.29, 1.82) is 0 Å².